The van der Waals surface area contributed by atoms with Crippen LogP contribution in [0.1, 0.15) is 44.3 Å². The number of nitrogens with zero attached hydrogens (tertiary/aromatic N) is 5. The molecular formula is C13H16N6O. The molecule has 1 aliphatic rings. The predicted molar refractivity (Wildman–Crippen MR) is 68.9 cm³/mol. The fourth-order valence-corrected chi connectivity index (χ4v) is 2.47. The van der Waals surface area contributed by atoms with Gasteiger partial charge in [0.25, 0.3) is 5.82 Å². The van der Waals surface area contributed by atoms with Crippen LogP contribution in [0.15, 0.2) is 6.33 Å². The maximum atomic E-state index is 12.0. The molecule has 104 valence electrons. The van der Waals surface area contributed by atoms with Crippen LogP contribution in [0.3, 0.4) is 0 Å². The molecule has 1 amide bonds. The van der Waals surface area contributed by atoms with Crippen LogP contribution >= 0.6 is 0 Å². The van der Waals surface area contributed by atoms with Crippen LogP contribution in [-0.4, -0.2) is 26.2 Å². The number of aromatic nitrogens is 3. The molecule has 0 spiro atoms. The summed E-state index contributed by atoms with van der Waals surface area (Å²) in [5.41, 5.74) is -0.758. The minimum absolute atomic E-state index is 0.0297. The van der Waals surface area contributed by atoms with E-state index in [1.54, 1.807) is 6.07 Å². The average Bonchev–Trinajstić information content (AvgIpc) is 2.76. The first-order valence-corrected chi connectivity index (χ1v) is 6.69. The van der Waals surface area contributed by atoms with Gasteiger partial charge < -0.3 is 5.32 Å². The standard InChI is InChI=1S/C13H16N6O/c14-7-11-16-10-19(18-11)8-12(20)17-13(9-15)5-3-1-2-4-6-13/h10H,1-6,8H2,(H,17,20). The molecule has 0 aromatic carbocycles. The fraction of sp³-hybridized carbons (Fsp3) is 0.615. The Labute approximate surface area is 117 Å². The van der Waals surface area contributed by atoms with Gasteiger partial charge in [-0.15, -0.1) is 5.10 Å². The molecule has 2 rings (SSSR count). The van der Waals surface area contributed by atoms with Gasteiger partial charge in [0, 0.05) is 0 Å². The second-order valence-corrected chi connectivity index (χ2v) is 5.03. The third-order valence-corrected chi connectivity index (χ3v) is 3.49. The molecule has 1 saturated carbocycles. The third-order valence-electron chi connectivity index (χ3n) is 3.49. The zero-order chi connectivity index (χ0) is 14.4. The van der Waals surface area contributed by atoms with Crippen LogP contribution in [0.4, 0.5) is 0 Å². The van der Waals surface area contributed by atoms with Crippen LogP contribution in [0.25, 0.3) is 0 Å². The van der Waals surface area contributed by atoms with Crippen LogP contribution in [0, 0.1) is 22.7 Å². The molecule has 1 heterocycles. The number of hydrogen-bond donors (Lipinski definition) is 1. The topological polar surface area (TPSA) is 107 Å². The van der Waals surface area contributed by atoms with Crippen molar-refractivity contribution in [1.82, 2.24) is 20.1 Å². The normalized spacial score (nSPS) is 17.5. The Hall–Kier alpha value is -2.41. The van der Waals surface area contributed by atoms with E-state index in [1.165, 1.54) is 11.0 Å². The maximum Gasteiger partial charge on any atom is 0.252 e. The number of nitriles is 2. The largest absolute Gasteiger partial charge is 0.336 e. The van der Waals surface area contributed by atoms with E-state index in [-0.39, 0.29) is 18.3 Å². The van der Waals surface area contributed by atoms with Crippen molar-refractivity contribution >= 4 is 5.91 Å². The van der Waals surface area contributed by atoms with Crippen molar-refractivity contribution in [2.45, 2.75) is 50.6 Å². The molecule has 0 unspecified atom stereocenters. The van der Waals surface area contributed by atoms with E-state index >= 15 is 0 Å². The lowest BCUT2D eigenvalue weighted by Crippen LogP contribution is -2.48. The lowest BCUT2D eigenvalue weighted by molar-refractivity contribution is -0.123. The second kappa shape index (κ2) is 6.16. The summed E-state index contributed by atoms with van der Waals surface area (Å²) in [6, 6.07) is 4.06. The zero-order valence-corrected chi connectivity index (χ0v) is 11.2. The quantitative estimate of drug-likeness (QED) is 0.822. The van der Waals surface area contributed by atoms with E-state index in [4.69, 9.17) is 5.26 Å². The van der Waals surface area contributed by atoms with E-state index in [0.29, 0.717) is 12.8 Å². The maximum absolute atomic E-state index is 12.0. The molecule has 0 aliphatic heterocycles. The van der Waals surface area contributed by atoms with Crippen molar-refractivity contribution in [2.75, 3.05) is 0 Å². The first-order chi connectivity index (χ1) is 9.67. The van der Waals surface area contributed by atoms with E-state index in [0.717, 1.165) is 25.7 Å². The third kappa shape index (κ3) is 3.33. The number of carbonyl (C=O) groups is 1. The lowest BCUT2D eigenvalue weighted by Gasteiger charge is -2.26. The summed E-state index contributed by atoms with van der Waals surface area (Å²) >= 11 is 0. The lowest BCUT2D eigenvalue weighted by atomic mass is 9.92. The highest BCUT2D eigenvalue weighted by atomic mass is 16.2. The summed E-state index contributed by atoms with van der Waals surface area (Å²) in [7, 11) is 0. The summed E-state index contributed by atoms with van der Waals surface area (Å²) in [5, 5.41) is 24.7. The van der Waals surface area contributed by atoms with Gasteiger partial charge in [-0.05, 0) is 12.8 Å². The van der Waals surface area contributed by atoms with E-state index in [1.807, 2.05) is 0 Å². The Morgan fingerprint density at radius 2 is 2.05 bits per heavy atom. The van der Waals surface area contributed by atoms with Gasteiger partial charge >= 0.3 is 0 Å². The summed E-state index contributed by atoms with van der Waals surface area (Å²) in [4.78, 5) is 15.8. The van der Waals surface area contributed by atoms with E-state index < -0.39 is 5.54 Å². The van der Waals surface area contributed by atoms with Crippen molar-refractivity contribution in [3.63, 3.8) is 0 Å². The Morgan fingerprint density at radius 1 is 1.35 bits per heavy atom. The molecule has 7 nitrogen and oxygen atoms in total. The molecule has 1 aromatic rings. The van der Waals surface area contributed by atoms with Crippen molar-refractivity contribution in [1.29, 1.82) is 10.5 Å². The first-order valence-electron chi connectivity index (χ1n) is 6.69. The van der Waals surface area contributed by atoms with Crippen LogP contribution in [0.2, 0.25) is 0 Å². The first kappa shape index (κ1) is 14.0. The monoisotopic (exact) mass is 272 g/mol. The highest BCUT2D eigenvalue weighted by Gasteiger charge is 2.32. The summed E-state index contributed by atoms with van der Waals surface area (Å²) in [5.74, 6) is -0.245. The molecule has 1 fully saturated rings. The smallest absolute Gasteiger partial charge is 0.252 e. The van der Waals surface area contributed by atoms with Gasteiger partial charge in [-0.25, -0.2) is 9.67 Å². The van der Waals surface area contributed by atoms with Gasteiger partial charge in [0.05, 0.1) is 6.07 Å². The second-order valence-electron chi connectivity index (χ2n) is 5.03. The Morgan fingerprint density at radius 3 is 2.60 bits per heavy atom. The molecular weight excluding hydrogens is 256 g/mol. The molecule has 0 saturated heterocycles. The summed E-state index contributed by atoms with van der Waals surface area (Å²) in [6.45, 7) is -0.0297. The van der Waals surface area contributed by atoms with Gasteiger partial charge in [-0.2, -0.15) is 10.5 Å². The highest BCUT2D eigenvalue weighted by molar-refractivity contribution is 5.77. The predicted octanol–water partition coefficient (Wildman–Crippen LogP) is 0.883. The van der Waals surface area contributed by atoms with Gasteiger partial charge in [-0.3, -0.25) is 4.79 Å². The Bertz CT molecular complexity index is 556. The Balaban J connectivity index is 1.98. The van der Waals surface area contributed by atoms with Crippen molar-refractivity contribution < 1.29 is 4.79 Å². The van der Waals surface area contributed by atoms with Gasteiger partial charge in [0.15, 0.2) is 0 Å². The molecule has 0 bridgehead atoms. The molecule has 1 N–H and O–H groups in total. The average molecular weight is 272 g/mol. The SMILES string of the molecule is N#Cc1ncn(CC(=O)NC2(C#N)CCCCCC2)n1. The number of nitrogens with one attached hydrogen (secondary N) is 1. The minimum atomic E-state index is -0.758. The van der Waals surface area contributed by atoms with Crippen molar-refractivity contribution in [2.24, 2.45) is 0 Å². The van der Waals surface area contributed by atoms with Crippen LogP contribution in [0.5, 0.6) is 0 Å². The van der Waals surface area contributed by atoms with Crippen molar-refractivity contribution in [3.8, 4) is 12.1 Å². The minimum Gasteiger partial charge on any atom is -0.336 e. The van der Waals surface area contributed by atoms with Gasteiger partial charge in [-0.1, -0.05) is 25.7 Å². The highest BCUT2D eigenvalue weighted by Crippen LogP contribution is 2.26. The van der Waals surface area contributed by atoms with Gasteiger partial charge in [0.1, 0.15) is 24.5 Å². The van der Waals surface area contributed by atoms with Gasteiger partial charge in [0.2, 0.25) is 5.91 Å². The molecule has 7 heteroatoms. The molecule has 1 aliphatic carbocycles. The van der Waals surface area contributed by atoms with Crippen LogP contribution < -0.4 is 5.32 Å². The number of amides is 1. The molecule has 20 heavy (non-hydrogen) atoms. The van der Waals surface area contributed by atoms with E-state index in [9.17, 15) is 10.1 Å². The zero-order valence-electron chi connectivity index (χ0n) is 11.2. The molecule has 0 radical (unpaired) electrons. The molecule has 0 atom stereocenters. The Kier molecular flexibility index (Phi) is 4.31. The van der Waals surface area contributed by atoms with E-state index in [2.05, 4.69) is 21.5 Å². The number of hydrogen-bond acceptors (Lipinski definition) is 5. The van der Waals surface area contributed by atoms with Crippen LogP contribution in [-0.2, 0) is 11.3 Å². The fourth-order valence-electron chi connectivity index (χ4n) is 2.47. The summed E-state index contributed by atoms with van der Waals surface area (Å²) in [6.07, 6.45) is 6.84. The molecule has 1 aromatic heterocycles. The summed E-state index contributed by atoms with van der Waals surface area (Å²) < 4.78 is 1.30. The number of rotatable bonds is 3. The van der Waals surface area contributed by atoms with Crippen molar-refractivity contribution in [3.05, 3.63) is 12.2 Å². The number of carbonyl (C=O) groups excluding carboxylic acids is 1.